The second-order valence-electron chi connectivity index (χ2n) is 6.78. The Morgan fingerprint density at radius 3 is 2.13 bits per heavy atom. The number of amides is 2. The molecule has 0 bridgehead atoms. The molecule has 0 spiro atoms. The van der Waals surface area contributed by atoms with Crippen molar-refractivity contribution in [1.82, 2.24) is 10.9 Å². The zero-order valence-electron chi connectivity index (χ0n) is 18.2. The summed E-state index contributed by atoms with van der Waals surface area (Å²) in [5, 5.41) is 0.231. The van der Waals surface area contributed by atoms with Crippen molar-refractivity contribution in [2.75, 3.05) is 20.8 Å². The summed E-state index contributed by atoms with van der Waals surface area (Å²) in [7, 11) is 2.94. The van der Waals surface area contributed by atoms with E-state index < -0.39 is 11.8 Å². The first kappa shape index (κ1) is 24.1. The Morgan fingerprint density at radius 2 is 1.55 bits per heavy atom. The molecule has 168 valence electrons. The van der Waals surface area contributed by atoms with Gasteiger partial charge in [-0.15, -0.1) is 0 Å². The largest absolute Gasteiger partial charge is 0.493 e. The van der Waals surface area contributed by atoms with Crippen LogP contribution in [0.3, 0.4) is 0 Å². The molecule has 0 unspecified atom stereocenters. The number of carbonyl (C=O) groups excluding carboxylic acids is 2. The maximum absolute atomic E-state index is 12.5. The van der Waals surface area contributed by atoms with Crippen LogP contribution in [0.5, 0.6) is 23.0 Å². The monoisotopic (exact) mass is 450 g/mol. The highest BCUT2D eigenvalue weighted by molar-refractivity contribution is 6.32. The summed E-state index contributed by atoms with van der Waals surface area (Å²) in [5.74, 6) is 0.522. The predicted octanol–water partition coefficient (Wildman–Crippen LogP) is 4.01. The smallest absolute Gasteiger partial charge is 0.269 e. The number of ether oxygens (including phenoxy) is 4. The number of halogens is 1. The van der Waals surface area contributed by atoms with Gasteiger partial charge in [0.05, 0.1) is 32.0 Å². The molecule has 0 aliphatic rings. The SMILES string of the molecule is CCCOc1c(Cl)cc(C(=O)NNC(=O)c2ccc(OC(C)C)c(OC)c2)cc1OC. The van der Waals surface area contributed by atoms with Gasteiger partial charge in [0.2, 0.25) is 0 Å². The molecular weight excluding hydrogens is 424 g/mol. The average molecular weight is 451 g/mol. The first-order valence-corrected chi connectivity index (χ1v) is 10.1. The first-order chi connectivity index (χ1) is 14.8. The Morgan fingerprint density at radius 1 is 0.935 bits per heavy atom. The van der Waals surface area contributed by atoms with Crippen molar-refractivity contribution in [2.45, 2.75) is 33.3 Å². The van der Waals surface area contributed by atoms with Gasteiger partial charge in [0, 0.05) is 11.1 Å². The van der Waals surface area contributed by atoms with Crippen molar-refractivity contribution in [1.29, 1.82) is 0 Å². The number of hydrazine groups is 1. The van der Waals surface area contributed by atoms with Crippen LogP contribution in [0.4, 0.5) is 0 Å². The van der Waals surface area contributed by atoms with Crippen molar-refractivity contribution in [3.05, 3.63) is 46.5 Å². The van der Waals surface area contributed by atoms with Crippen LogP contribution >= 0.6 is 11.6 Å². The van der Waals surface area contributed by atoms with Crippen LogP contribution in [-0.2, 0) is 0 Å². The summed E-state index contributed by atoms with van der Waals surface area (Å²) in [6, 6.07) is 7.66. The van der Waals surface area contributed by atoms with Crippen molar-refractivity contribution >= 4 is 23.4 Å². The zero-order chi connectivity index (χ0) is 23.0. The molecule has 2 aromatic carbocycles. The molecule has 2 rings (SSSR count). The molecule has 9 heteroatoms. The third kappa shape index (κ3) is 6.42. The fourth-order valence-corrected chi connectivity index (χ4v) is 2.88. The van der Waals surface area contributed by atoms with Crippen LogP contribution in [0.2, 0.25) is 5.02 Å². The predicted molar refractivity (Wildman–Crippen MR) is 117 cm³/mol. The number of hydrogen-bond acceptors (Lipinski definition) is 6. The van der Waals surface area contributed by atoms with E-state index in [1.54, 1.807) is 12.1 Å². The van der Waals surface area contributed by atoms with E-state index in [0.29, 0.717) is 29.6 Å². The molecule has 0 radical (unpaired) electrons. The molecular formula is C22H27ClN2O6. The van der Waals surface area contributed by atoms with Crippen LogP contribution in [0, 0.1) is 0 Å². The molecule has 2 amide bonds. The van der Waals surface area contributed by atoms with Crippen molar-refractivity contribution in [3.8, 4) is 23.0 Å². The third-order valence-corrected chi connectivity index (χ3v) is 4.30. The Kier molecular flexibility index (Phi) is 8.81. The van der Waals surface area contributed by atoms with Crippen LogP contribution in [0.15, 0.2) is 30.3 Å². The number of nitrogens with one attached hydrogen (secondary N) is 2. The lowest BCUT2D eigenvalue weighted by molar-refractivity contribution is 0.0846. The quantitative estimate of drug-likeness (QED) is 0.560. The summed E-state index contributed by atoms with van der Waals surface area (Å²) in [5.41, 5.74) is 5.20. The minimum atomic E-state index is -0.567. The number of rotatable bonds is 9. The van der Waals surface area contributed by atoms with Crippen LogP contribution in [0.1, 0.15) is 47.9 Å². The Balaban J connectivity index is 2.10. The topological polar surface area (TPSA) is 95.1 Å². The summed E-state index contributed by atoms with van der Waals surface area (Å²) < 4.78 is 21.8. The van der Waals surface area contributed by atoms with Crippen LogP contribution in [-0.4, -0.2) is 38.7 Å². The van der Waals surface area contributed by atoms with E-state index in [-0.39, 0.29) is 22.3 Å². The molecule has 0 heterocycles. The van der Waals surface area contributed by atoms with Crippen LogP contribution < -0.4 is 29.8 Å². The molecule has 0 fully saturated rings. The van der Waals surface area contributed by atoms with Gasteiger partial charge in [-0.3, -0.25) is 20.4 Å². The van der Waals surface area contributed by atoms with Gasteiger partial charge in [-0.05, 0) is 50.6 Å². The lowest BCUT2D eigenvalue weighted by atomic mass is 10.2. The summed E-state index contributed by atoms with van der Waals surface area (Å²) in [4.78, 5) is 25.0. The lowest BCUT2D eigenvalue weighted by Gasteiger charge is -2.15. The summed E-state index contributed by atoms with van der Waals surface area (Å²) in [6.07, 6.45) is 0.749. The zero-order valence-corrected chi connectivity index (χ0v) is 19.0. The maximum Gasteiger partial charge on any atom is 0.269 e. The van der Waals surface area contributed by atoms with Gasteiger partial charge in [0.1, 0.15) is 0 Å². The Hall–Kier alpha value is -3.13. The van der Waals surface area contributed by atoms with E-state index in [1.165, 1.54) is 32.4 Å². The highest BCUT2D eigenvalue weighted by Gasteiger charge is 2.17. The molecule has 8 nitrogen and oxygen atoms in total. The van der Waals surface area contributed by atoms with Gasteiger partial charge >= 0.3 is 0 Å². The second-order valence-corrected chi connectivity index (χ2v) is 7.19. The fraction of sp³-hybridized carbons (Fsp3) is 0.364. The molecule has 0 saturated carbocycles. The van der Waals surface area contributed by atoms with Gasteiger partial charge in [-0.2, -0.15) is 0 Å². The Labute approximate surface area is 186 Å². The average Bonchev–Trinajstić information content (AvgIpc) is 2.75. The van der Waals surface area contributed by atoms with E-state index in [4.69, 9.17) is 30.5 Å². The van der Waals surface area contributed by atoms with Crippen LogP contribution in [0.25, 0.3) is 0 Å². The van der Waals surface area contributed by atoms with E-state index >= 15 is 0 Å². The fourth-order valence-electron chi connectivity index (χ4n) is 2.61. The molecule has 0 aliphatic heterocycles. The van der Waals surface area contributed by atoms with Crippen molar-refractivity contribution < 1.29 is 28.5 Å². The normalized spacial score (nSPS) is 10.4. The standard InChI is InChI=1S/C22H27ClN2O6/c1-6-9-30-20-16(23)10-15(12-19(20)29-5)22(27)25-24-21(26)14-7-8-17(31-13(2)3)18(11-14)28-4/h7-8,10-13H,6,9H2,1-5H3,(H,24,26)(H,25,27). The molecule has 0 aromatic heterocycles. The van der Waals surface area contributed by atoms with Gasteiger partial charge in [-0.1, -0.05) is 18.5 Å². The molecule has 0 saturated heterocycles. The highest BCUT2D eigenvalue weighted by atomic mass is 35.5. The van der Waals surface area contributed by atoms with E-state index in [9.17, 15) is 9.59 Å². The molecule has 2 N–H and O–H groups in total. The molecule has 31 heavy (non-hydrogen) atoms. The molecule has 0 atom stereocenters. The number of hydrogen-bond donors (Lipinski definition) is 2. The van der Waals surface area contributed by atoms with Crippen molar-refractivity contribution in [3.63, 3.8) is 0 Å². The van der Waals surface area contributed by atoms with E-state index in [1.807, 2.05) is 20.8 Å². The van der Waals surface area contributed by atoms with Gasteiger partial charge in [0.15, 0.2) is 23.0 Å². The first-order valence-electron chi connectivity index (χ1n) is 9.76. The van der Waals surface area contributed by atoms with E-state index in [0.717, 1.165) is 6.42 Å². The number of carbonyl (C=O) groups is 2. The van der Waals surface area contributed by atoms with Gasteiger partial charge < -0.3 is 18.9 Å². The number of methoxy groups -OCH3 is 2. The summed E-state index contributed by atoms with van der Waals surface area (Å²) in [6.45, 7) is 6.20. The summed E-state index contributed by atoms with van der Waals surface area (Å²) >= 11 is 6.24. The highest BCUT2D eigenvalue weighted by Crippen LogP contribution is 2.36. The van der Waals surface area contributed by atoms with E-state index in [2.05, 4.69) is 10.9 Å². The van der Waals surface area contributed by atoms with Gasteiger partial charge in [0.25, 0.3) is 11.8 Å². The maximum atomic E-state index is 12.5. The number of benzene rings is 2. The lowest BCUT2D eigenvalue weighted by Crippen LogP contribution is -2.41. The third-order valence-electron chi connectivity index (χ3n) is 4.02. The molecule has 2 aromatic rings. The van der Waals surface area contributed by atoms with Gasteiger partial charge in [-0.25, -0.2) is 0 Å². The second kappa shape index (κ2) is 11.3. The Bertz CT molecular complexity index is 932. The minimum Gasteiger partial charge on any atom is -0.493 e. The molecule has 0 aliphatic carbocycles. The minimum absolute atomic E-state index is 0.0459. The van der Waals surface area contributed by atoms with Crippen molar-refractivity contribution in [2.24, 2.45) is 0 Å².